The molecule has 0 bridgehead atoms. The molecule has 1 atom stereocenters. The van der Waals surface area contributed by atoms with Crippen LogP contribution in [0, 0.1) is 0 Å². The van der Waals surface area contributed by atoms with Gasteiger partial charge in [0, 0.05) is 12.6 Å². The zero-order valence-electron chi connectivity index (χ0n) is 8.88. The minimum Gasteiger partial charge on any atom is -0.379 e. The van der Waals surface area contributed by atoms with Crippen LogP contribution >= 0.6 is 0 Å². The Morgan fingerprint density at radius 3 is 2.69 bits per heavy atom. The summed E-state index contributed by atoms with van der Waals surface area (Å²) in [6.07, 6.45) is 1.21. The number of nitrogens with one attached hydrogen (secondary N) is 1. The Morgan fingerprint density at radius 1 is 1.38 bits per heavy atom. The summed E-state index contributed by atoms with van der Waals surface area (Å²) in [4.78, 5) is 2.45. The molecule has 0 aromatic rings. The Hall–Kier alpha value is -0.120. The Balaban J connectivity index is 2.09. The van der Waals surface area contributed by atoms with Gasteiger partial charge >= 0.3 is 0 Å². The molecule has 0 spiro atoms. The molecule has 3 heteroatoms. The number of rotatable bonds is 5. The molecule has 1 heterocycles. The lowest BCUT2D eigenvalue weighted by molar-refractivity contribution is 0.0704. The van der Waals surface area contributed by atoms with E-state index in [1.54, 1.807) is 0 Å². The summed E-state index contributed by atoms with van der Waals surface area (Å²) in [5, 5.41) is 3.47. The zero-order valence-corrected chi connectivity index (χ0v) is 8.88. The monoisotopic (exact) mass is 186 g/mol. The van der Waals surface area contributed by atoms with Crippen molar-refractivity contribution in [2.24, 2.45) is 0 Å². The lowest BCUT2D eigenvalue weighted by Gasteiger charge is -2.26. The summed E-state index contributed by atoms with van der Waals surface area (Å²) in [7, 11) is 0. The van der Waals surface area contributed by atoms with Crippen molar-refractivity contribution in [1.82, 2.24) is 10.2 Å². The van der Waals surface area contributed by atoms with E-state index in [4.69, 9.17) is 4.74 Å². The SMILES string of the molecule is CCN(CC)CCC1COCCN1. The topological polar surface area (TPSA) is 24.5 Å². The molecule has 0 aromatic carbocycles. The highest BCUT2D eigenvalue weighted by molar-refractivity contribution is 4.71. The molecule has 1 aliphatic heterocycles. The van der Waals surface area contributed by atoms with Gasteiger partial charge in [-0.2, -0.15) is 0 Å². The Labute approximate surface area is 81.4 Å². The molecule has 0 radical (unpaired) electrons. The first kappa shape index (κ1) is 11.0. The van der Waals surface area contributed by atoms with Gasteiger partial charge in [0.2, 0.25) is 0 Å². The van der Waals surface area contributed by atoms with Gasteiger partial charge in [0.15, 0.2) is 0 Å². The van der Waals surface area contributed by atoms with E-state index < -0.39 is 0 Å². The smallest absolute Gasteiger partial charge is 0.0620 e. The van der Waals surface area contributed by atoms with Crippen LogP contribution in [0.5, 0.6) is 0 Å². The molecule has 0 saturated carbocycles. The van der Waals surface area contributed by atoms with E-state index in [-0.39, 0.29) is 0 Å². The van der Waals surface area contributed by atoms with E-state index in [9.17, 15) is 0 Å². The van der Waals surface area contributed by atoms with Gasteiger partial charge in [-0.25, -0.2) is 0 Å². The molecular formula is C10H22N2O. The predicted octanol–water partition coefficient (Wildman–Crippen LogP) is 0.707. The van der Waals surface area contributed by atoms with Crippen molar-refractivity contribution >= 4 is 0 Å². The van der Waals surface area contributed by atoms with Gasteiger partial charge < -0.3 is 15.0 Å². The number of hydrogen-bond donors (Lipinski definition) is 1. The van der Waals surface area contributed by atoms with Gasteiger partial charge in [-0.05, 0) is 26.1 Å². The molecule has 0 amide bonds. The molecule has 1 rings (SSSR count). The second-order valence-electron chi connectivity index (χ2n) is 3.54. The van der Waals surface area contributed by atoms with Crippen molar-refractivity contribution in [3.05, 3.63) is 0 Å². The van der Waals surface area contributed by atoms with Crippen molar-refractivity contribution in [1.29, 1.82) is 0 Å². The summed E-state index contributed by atoms with van der Waals surface area (Å²) in [6.45, 7) is 10.7. The third kappa shape index (κ3) is 4.07. The van der Waals surface area contributed by atoms with E-state index in [1.165, 1.54) is 13.0 Å². The van der Waals surface area contributed by atoms with E-state index in [0.29, 0.717) is 6.04 Å². The Kier molecular flexibility index (Phi) is 5.35. The van der Waals surface area contributed by atoms with Crippen molar-refractivity contribution < 1.29 is 4.74 Å². The van der Waals surface area contributed by atoms with E-state index >= 15 is 0 Å². The predicted molar refractivity (Wildman–Crippen MR) is 55.0 cm³/mol. The fourth-order valence-electron chi connectivity index (χ4n) is 1.68. The molecule has 13 heavy (non-hydrogen) atoms. The average Bonchev–Trinajstić information content (AvgIpc) is 2.21. The van der Waals surface area contributed by atoms with Crippen LogP contribution in [0.3, 0.4) is 0 Å². The zero-order chi connectivity index (χ0) is 9.52. The van der Waals surface area contributed by atoms with E-state index in [0.717, 1.165) is 32.8 Å². The number of hydrogen-bond acceptors (Lipinski definition) is 3. The van der Waals surface area contributed by atoms with Crippen LogP contribution < -0.4 is 5.32 Å². The standard InChI is InChI=1S/C10H22N2O/c1-3-12(4-2)7-5-10-9-13-8-6-11-10/h10-11H,3-9H2,1-2H3. The maximum absolute atomic E-state index is 5.40. The van der Waals surface area contributed by atoms with Gasteiger partial charge in [-0.15, -0.1) is 0 Å². The molecule has 1 fully saturated rings. The first-order chi connectivity index (χ1) is 6.36. The minimum atomic E-state index is 0.578. The molecular weight excluding hydrogens is 164 g/mol. The first-order valence-corrected chi connectivity index (χ1v) is 5.40. The van der Waals surface area contributed by atoms with Crippen LogP contribution in [-0.2, 0) is 4.74 Å². The maximum atomic E-state index is 5.40. The molecule has 1 aliphatic rings. The largest absolute Gasteiger partial charge is 0.379 e. The molecule has 0 aromatic heterocycles. The second-order valence-corrected chi connectivity index (χ2v) is 3.54. The molecule has 1 unspecified atom stereocenters. The number of morpholine rings is 1. The highest BCUT2D eigenvalue weighted by atomic mass is 16.5. The average molecular weight is 186 g/mol. The van der Waals surface area contributed by atoms with Crippen LogP contribution in [0.15, 0.2) is 0 Å². The quantitative estimate of drug-likeness (QED) is 0.684. The van der Waals surface area contributed by atoms with Crippen LogP contribution in [0.25, 0.3) is 0 Å². The van der Waals surface area contributed by atoms with Crippen LogP contribution in [0.2, 0.25) is 0 Å². The summed E-state index contributed by atoms with van der Waals surface area (Å²) >= 11 is 0. The summed E-state index contributed by atoms with van der Waals surface area (Å²) in [5.41, 5.74) is 0. The Bertz CT molecular complexity index is 120. The molecule has 1 saturated heterocycles. The van der Waals surface area contributed by atoms with Gasteiger partial charge in [-0.3, -0.25) is 0 Å². The fraction of sp³-hybridized carbons (Fsp3) is 1.00. The third-order valence-electron chi connectivity index (χ3n) is 2.69. The highest BCUT2D eigenvalue weighted by Crippen LogP contribution is 2.00. The number of nitrogens with zero attached hydrogens (tertiary/aromatic N) is 1. The van der Waals surface area contributed by atoms with Gasteiger partial charge in [-0.1, -0.05) is 13.8 Å². The summed E-state index contributed by atoms with van der Waals surface area (Å²) < 4.78 is 5.40. The molecule has 78 valence electrons. The molecule has 3 nitrogen and oxygen atoms in total. The minimum absolute atomic E-state index is 0.578. The highest BCUT2D eigenvalue weighted by Gasteiger charge is 2.13. The van der Waals surface area contributed by atoms with Gasteiger partial charge in [0.05, 0.1) is 13.2 Å². The molecule has 0 aliphatic carbocycles. The lowest BCUT2D eigenvalue weighted by Crippen LogP contribution is -2.43. The van der Waals surface area contributed by atoms with Crippen molar-refractivity contribution in [3.8, 4) is 0 Å². The van der Waals surface area contributed by atoms with Crippen molar-refractivity contribution in [2.45, 2.75) is 26.3 Å². The number of ether oxygens (including phenoxy) is 1. The third-order valence-corrected chi connectivity index (χ3v) is 2.69. The van der Waals surface area contributed by atoms with Gasteiger partial charge in [0.1, 0.15) is 0 Å². The molecule has 1 N–H and O–H groups in total. The van der Waals surface area contributed by atoms with Crippen molar-refractivity contribution in [2.75, 3.05) is 39.4 Å². The maximum Gasteiger partial charge on any atom is 0.0620 e. The van der Waals surface area contributed by atoms with E-state index in [1.807, 2.05) is 0 Å². The van der Waals surface area contributed by atoms with Crippen LogP contribution in [0.4, 0.5) is 0 Å². The normalized spacial score (nSPS) is 23.8. The lowest BCUT2D eigenvalue weighted by atomic mass is 10.2. The second kappa shape index (κ2) is 6.35. The summed E-state index contributed by atoms with van der Waals surface area (Å²) in [6, 6.07) is 0.578. The Morgan fingerprint density at radius 2 is 2.15 bits per heavy atom. The van der Waals surface area contributed by atoms with Crippen LogP contribution in [0.1, 0.15) is 20.3 Å². The summed E-state index contributed by atoms with van der Waals surface area (Å²) in [5.74, 6) is 0. The van der Waals surface area contributed by atoms with E-state index in [2.05, 4.69) is 24.1 Å². The fourth-order valence-corrected chi connectivity index (χ4v) is 1.68. The first-order valence-electron chi connectivity index (χ1n) is 5.40. The van der Waals surface area contributed by atoms with Crippen molar-refractivity contribution in [3.63, 3.8) is 0 Å². The van der Waals surface area contributed by atoms with Gasteiger partial charge in [0.25, 0.3) is 0 Å². The van der Waals surface area contributed by atoms with Crippen LogP contribution in [-0.4, -0.2) is 50.3 Å².